The maximum atomic E-state index is 11.1. The highest BCUT2D eigenvalue weighted by Gasteiger charge is 2.32. The van der Waals surface area contributed by atoms with Crippen molar-refractivity contribution in [3.63, 3.8) is 0 Å². The normalized spacial score (nSPS) is 24.3. The Bertz CT molecular complexity index is 443. The molecule has 142 valence electrons. The van der Waals surface area contributed by atoms with Crippen LogP contribution in [0.5, 0.6) is 0 Å². The highest BCUT2D eigenvalue weighted by molar-refractivity contribution is 5.68. The van der Waals surface area contributed by atoms with Crippen molar-refractivity contribution in [3.05, 3.63) is 12.2 Å². The molecule has 1 rings (SSSR count). The van der Waals surface area contributed by atoms with Gasteiger partial charge in [-0.05, 0) is 50.4 Å². The molecule has 5 nitrogen and oxygen atoms in total. The summed E-state index contributed by atoms with van der Waals surface area (Å²) in [5, 5.41) is 28.7. The predicted molar refractivity (Wildman–Crippen MR) is 96.5 cm³/mol. The summed E-state index contributed by atoms with van der Waals surface area (Å²) in [6, 6.07) is 2.09. The summed E-state index contributed by atoms with van der Waals surface area (Å²) in [4.78, 5) is 11.1. The lowest BCUT2D eigenvalue weighted by molar-refractivity contribution is -0.140. The monoisotopic (exact) mass is 351 g/mol. The lowest BCUT2D eigenvalue weighted by Gasteiger charge is -2.20. The van der Waals surface area contributed by atoms with E-state index < -0.39 is 6.10 Å². The number of nitrogens with zero attached hydrogens (tertiary/aromatic N) is 1. The summed E-state index contributed by atoms with van der Waals surface area (Å²) in [5.41, 5.74) is 0. The van der Waals surface area contributed by atoms with Crippen molar-refractivity contribution >= 4 is 5.97 Å². The molecule has 1 saturated carbocycles. The number of hydrogen-bond acceptors (Lipinski definition) is 5. The van der Waals surface area contributed by atoms with Crippen molar-refractivity contribution in [1.29, 1.82) is 5.26 Å². The van der Waals surface area contributed by atoms with Gasteiger partial charge in [-0.3, -0.25) is 4.79 Å². The minimum Gasteiger partial charge on any atom is -0.469 e. The van der Waals surface area contributed by atoms with E-state index in [1.807, 2.05) is 6.08 Å². The fourth-order valence-electron chi connectivity index (χ4n) is 3.58. The average Bonchev–Trinajstić information content (AvgIpc) is 2.96. The Morgan fingerprint density at radius 3 is 2.76 bits per heavy atom. The van der Waals surface area contributed by atoms with Crippen LogP contribution in [0.1, 0.15) is 70.6 Å². The molecule has 0 aromatic rings. The summed E-state index contributed by atoms with van der Waals surface area (Å²) < 4.78 is 4.63. The number of hydrogen-bond donors (Lipinski definition) is 2. The van der Waals surface area contributed by atoms with E-state index in [0.717, 1.165) is 44.9 Å². The van der Waals surface area contributed by atoms with Crippen LogP contribution in [0.15, 0.2) is 12.2 Å². The third-order valence-corrected chi connectivity index (χ3v) is 5.10. The SMILES string of the molecule is COC(=O)CCCCCCC1C(O)CCC1C=CC(O)CCCC#N. The fourth-order valence-corrected chi connectivity index (χ4v) is 3.58. The topological polar surface area (TPSA) is 90.6 Å². The zero-order valence-corrected chi connectivity index (χ0v) is 15.4. The van der Waals surface area contributed by atoms with Crippen molar-refractivity contribution in [2.24, 2.45) is 11.8 Å². The van der Waals surface area contributed by atoms with Gasteiger partial charge in [0.05, 0.1) is 25.4 Å². The van der Waals surface area contributed by atoms with Gasteiger partial charge in [-0.1, -0.05) is 31.4 Å². The second-order valence-corrected chi connectivity index (χ2v) is 7.00. The van der Waals surface area contributed by atoms with E-state index in [-0.39, 0.29) is 18.0 Å². The van der Waals surface area contributed by atoms with E-state index in [0.29, 0.717) is 31.6 Å². The number of ether oxygens (including phenoxy) is 1. The number of rotatable bonds is 12. The molecule has 0 amide bonds. The first-order valence-corrected chi connectivity index (χ1v) is 9.56. The number of aliphatic hydroxyl groups is 2. The minimum absolute atomic E-state index is 0.148. The first-order valence-electron chi connectivity index (χ1n) is 9.56. The molecule has 0 spiro atoms. The highest BCUT2D eigenvalue weighted by atomic mass is 16.5. The van der Waals surface area contributed by atoms with E-state index in [9.17, 15) is 15.0 Å². The molecule has 0 aromatic heterocycles. The van der Waals surface area contributed by atoms with Crippen LogP contribution in [0.3, 0.4) is 0 Å². The minimum atomic E-state index is -0.495. The van der Waals surface area contributed by atoms with E-state index >= 15 is 0 Å². The predicted octanol–water partition coefficient (Wildman–Crippen LogP) is 3.50. The van der Waals surface area contributed by atoms with Gasteiger partial charge in [-0.15, -0.1) is 0 Å². The summed E-state index contributed by atoms with van der Waals surface area (Å²) in [6.45, 7) is 0. The molecule has 0 heterocycles. The van der Waals surface area contributed by atoms with E-state index in [1.54, 1.807) is 0 Å². The third kappa shape index (κ3) is 9.04. The number of esters is 1. The molecule has 1 aliphatic rings. The van der Waals surface area contributed by atoms with E-state index in [4.69, 9.17) is 5.26 Å². The fraction of sp³-hybridized carbons (Fsp3) is 0.800. The second-order valence-electron chi connectivity index (χ2n) is 7.00. The van der Waals surface area contributed by atoms with Crippen LogP contribution in [0.4, 0.5) is 0 Å². The lowest BCUT2D eigenvalue weighted by Crippen LogP contribution is -2.18. The van der Waals surface area contributed by atoms with Crippen LogP contribution in [0, 0.1) is 23.2 Å². The molecule has 1 aliphatic carbocycles. The van der Waals surface area contributed by atoms with Gasteiger partial charge in [0.2, 0.25) is 0 Å². The van der Waals surface area contributed by atoms with Gasteiger partial charge in [0.25, 0.3) is 0 Å². The maximum Gasteiger partial charge on any atom is 0.305 e. The van der Waals surface area contributed by atoms with E-state index in [1.165, 1.54) is 7.11 Å². The zero-order valence-electron chi connectivity index (χ0n) is 15.4. The van der Waals surface area contributed by atoms with Gasteiger partial charge in [0.15, 0.2) is 0 Å². The average molecular weight is 351 g/mol. The Kier molecular flexibility index (Phi) is 11.2. The quantitative estimate of drug-likeness (QED) is 0.319. The highest BCUT2D eigenvalue weighted by Crippen LogP contribution is 2.36. The Balaban J connectivity index is 2.26. The molecule has 1 fully saturated rings. The molecule has 4 unspecified atom stereocenters. The molecule has 0 radical (unpaired) electrons. The van der Waals surface area contributed by atoms with Gasteiger partial charge in [-0.2, -0.15) is 5.26 Å². The van der Waals surface area contributed by atoms with Gasteiger partial charge in [0, 0.05) is 12.8 Å². The van der Waals surface area contributed by atoms with Crippen LogP contribution in [-0.4, -0.2) is 35.5 Å². The lowest BCUT2D eigenvalue weighted by atomic mass is 9.88. The number of allylic oxidation sites excluding steroid dienone is 1. The first-order chi connectivity index (χ1) is 12.1. The number of methoxy groups -OCH3 is 1. The Labute approximate surface area is 151 Å². The smallest absolute Gasteiger partial charge is 0.305 e. The summed E-state index contributed by atoms with van der Waals surface area (Å²) in [6.07, 6.45) is 12.2. The standard InChI is InChI=1S/C20H33NO4/c1-25-20(24)10-5-3-2-4-9-18-16(12-14-19(18)23)11-13-17(22)8-6-7-15-21/h11,13,16-19,22-23H,2-10,12,14H2,1H3. The van der Waals surface area contributed by atoms with Gasteiger partial charge >= 0.3 is 5.97 Å². The zero-order chi connectivity index (χ0) is 18.5. The van der Waals surface area contributed by atoms with Crippen LogP contribution < -0.4 is 0 Å². The summed E-state index contributed by atoms with van der Waals surface area (Å²) >= 11 is 0. The van der Waals surface area contributed by atoms with Crippen LogP contribution >= 0.6 is 0 Å². The second kappa shape index (κ2) is 12.9. The number of unbranched alkanes of at least 4 members (excludes halogenated alkanes) is 4. The van der Waals surface area contributed by atoms with Crippen molar-refractivity contribution in [2.45, 2.75) is 82.8 Å². The van der Waals surface area contributed by atoms with E-state index in [2.05, 4.69) is 16.9 Å². The molecule has 0 saturated heterocycles. The van der Waals surface area contributed by atoms with Gasteiger partial charge in [-0.25, -0.2) is 0 Å². The Morgan fingerprint density at radius 2 is 2.04 bits per heavy atom. The Hall–Kier alpha value is -1.38. The molecular weight excluding hydrogens is 318 g/mol. The number of carbonyl (C=O) groups is 1. The van der Waals surface area contributed by atoms with Crippen LogP contribution in [0.2, 0.25) is 0 Å². The van der Waals surface area contributed by atoms with Crippen LogP contribution in [-0.2, 0) is 9.53 Å². The van der Waals surface area contributed by atoms with Crippen molar-refractivity contribution in [3.8, 4) is 6.07 Å². The molecule has 5 heteroatoms. The maximum absolute atomic E-state index is 11.1. The first kappa shape index (κ1) is 21.7. The molecule has 0 aliphatic heterocycles. The number of nitriles is 1. The molecule has 0 bridgehead atoms. The van der Waals surface area contributed by atoms with Crippen molar-refractivity contribution in [1.82, 2.24) is 0 Å². The van der Waals surface area contributed by atoms with Crippen molar-refractivity contribution < 1.29 is 19.7 Å². The van der Waals surface area contributed by atoms with Gasteiger partial charge in [0.1, 0.15) is 0 Å². The molecule has 0 aromatic carbocycles. The third-order valence-electron chi connectivity index (χ3n) is 5.10. The Morgan fingerprint density at radius 1 is 1.28 bits per heavy atom. The summed E-state index contributed by atoms with van der Waals surface area (Å²) in [7, 11) is 1.41. The molecular formula is C20H33NO4. The largest absolute Gasteiger partial charge is 0.469 e. The van der Waals surface area contributed by atoms with Crippen molar-refractivity contribution in [2.75, 3.05) is 7.11 Å². The number of carbonyl (C=O) groups excluding carboxylic acids is 1. The summed E-state index contributed by atoms with van der Waals surface area (Å²) in [5.74, 6) is 0.448. The number of aliphatic hydroxyl groups excluding tert-OH is 2. The molecule has 2 N–H and O–H groups in total. The molecule has 4 atom stereocenters. The van der Waals surface area contributed by atoms with Gasteiger partial charge < -0.3 is 14.9 Å². The van der Waals surface area contributed by atoms with Crippen LogP contribution in [0.25, 0.3) is 0 Å². The molecule has 25 heavy (non-hydrogen) atoms.